The minimum atomic E-state index is -4.18. The number of hydrogen-bond donors (Lipinski definition) is 1. The molecular weight excluding hydrogens is 562 g/mol. The number of carbonyl (C=O) groups is 2. The van der Waals surface area contributed by atoms with Gasteiger partial charge in [0.15, 0.2) is 0 Å². The van der Waals surface area contributed by atoms with E-state index in [1.165, 1.54) is 24.1 Å². The molecule has 0 radical (unpaired) electrons. The summed E-state index contributed by atoms with van der Waals surface area (Å²) in [5.74, 6) is -0.208. The van der Waals surface area contributed by atoms with E-state index < -0.39 is 28.5 Å². The summed E-state index contributed by atoms with van der Waals surface area (Å²) in [6.45, 7) is 1.51. The standard InChI is InChI=1S/C31H36ClN3O5S/c1-3-29(31(37)33-25-11-7-8-12-25)34(21-23-9-5-4-6-10-23)30(36)22-35(26-15-13-24(32)14-16-26)41(38,39)28-19-17-27(40-2)18-20-28/h4-6,9-10,13-20,25,29H,3,7-8,11-12,21-22H2,1-2H3,(H,33,37)/t29-/m1/s1. The van der Waals surface area contributed by atoms with E-state index in [9.17, 15) is 18.0 Å². The quantitative estimate of drug-likeness (QED) is 0.301. The molecule has 1 aliphatic rings. The SMILES string of the molecule is CC[C@H](C(=O)NC1CCCC1)N(Cc1ccccc1)C(=O)CN(c1ccc(Cl)cc1)S(=O)(=O)c1ccc(OC)cc1. The molecule has 0 unspecified atom stereocenters. The van der Waals surface area contributed by atoms with Crippen LogP contribution in [0, 0.1) is 0 Å². The van der Waals surface area contributed by atoms with Gasteiger partial charge in [0.1, 0.15) is 18.3 Å². The van der Waals surface area contributed by atoms with Gasteiger partial charge in [0.05, 0.1) is 17.7 Å². The predicted molar refractivity (Wildman–Crippen MR) is 160 cm³/mol. The van der Waals surface area contributed by atoms with Crippen molar-refractivity contribution >= 4 is 39.1 Å². The van der Waals surface area contributed by atoms with Crippen molar-refractivity contribution in [2.24, 2.45) is 0 Å². The Morgan fingerprint density at radius 2 is 1.61 bits per heavy atom. The number of benzene rings is 3. The van der Waals surface area contributed by atoms with Gasteiger partial charge >= 0.3 is 0 Å². The van der Waals surface area contributed by atoms with Crippen LogP contribution in [0.4, 0.5) is 5.69 Å². The highest BCUT2D eigenvalue weighted by Crippen LogP contribution is 2.27. The largest absolute Gasteiger partial charge is 0.497 e. The van der Waals surface area contributed by atoms with Gasteiger partial charge in [0.25, 0.3) is 10.0 Å². The average molecular weight is 598 g/mol. The molecule has 0 aromatic heterocycles. The molecule has 41 heavy (non-hydrogen) atoms. The summed E-state index contributed by atoms with van der Waals surface area (Å²) in [4.78, 5) is 29.1. The topological polar surface area (TPSA) is 96.0 Å². The highest BCUT2D eigenvalue weighted by atomic mass is 35.5. The van der Waals surface area contributed by atoms with Crippen molar-refractivity contribution in [3.63, 3.8) is 0 Å². The maximum Gasteiger partial charge on any atom is 0.264 e. The number of carbonyl (C=O) groups excluding carboxylic acids is 2. The molecular formula is C31H36ClN3O5S. The first-order valence-corrected chi connectivity index (χ1v) is 15.6. The third-order valence-corrected chi connectivity index (χ3v) is 9.36. The molecule has 4 rings (SSSR count). The second-order valence-corrected chi connectivity index (χ2v) is 12.4. The Hall–Kier alpha value is -3.56. The van der Waals surface area contributed by atoms with Gasteiger partial charge in [-0.1, -0.05) is 61.7 Å². The fraction of sp³-hybridized carbons (Fsp3) is 0.355. The van der Waals surface area contributed by atoms with Gasteiger partial charge < -0.3 is 15.0 Å². The Morgan fingerprint density at radius 1 is 0.976 bits per heavy atom. The maximum absolute atomic E-state index is 14.1. The molecule has 1 atom stereocenters. The highest BCUT2D eigenvalue weighted by molar-refractivity contribution is 7.92. The van der Waals surface area contributed by atoms with Crippen molar-refractivity contribution in [1.82, 2.24) is 10.2 Å². The minimum Gasteiger partial charge on any atom is -0.497 e. The average Bonchev–Trinajstić information content (AvgIpc) is 3.49. The van der Waals surface area contributed by atoms with Gasteiger partial charge in [-0.05, 0) is 73.4 Å². The van der Waals surface area contributed by atoms with Crippen LogP contribution in [0.2, 0.25) is 5.02 Å². The van der Waals surface area contributed by atoms with E-state index in [0.717, 1.165) is 35.6 Å². The summed E-state index contributed by atoms with van der Waals surface area (Å²) in [5.41, 5.74) is 1.12. The number of nitrogens with zero attached hydrogens (tertiary/aromatic N) is 2. The molecule has 1 fully saturated rings. The predicted octanol–water partition coefficient (Wildman–Crippen LogP) is 5.41. The molecule has 1 saturated carbocycles. The molecule has 2 amide bonds. The lowest BCUT2D eigenvalue weighted by Gasteiger charge is -2.33. The second-order valence-electron chi connectivity index (χ2n) is 10.1. The number of ether oxygens (including phenoxy) is 1. The van der Waals surface area contributed by atoms with Crippen LogP contribution in [-0.4, -0.2) is 50.9 Å². The molecule has 10 heteroatoms. The Morgan fingerprint density at radius 3 is 2.20 bits per heavy atom. The zero-order valence-electron chi connectivity index (χ0n) is 23.3. The molecule has 218 valence electrons. The van der Waals surface area contributed by atoms with Gasteiger partial charge in [0, 0.05) is 17.6 Å². The number of rotatable bonds is 12. The lowest BCUT2D eigenvalue weighted by atomic mass is 10.1. The number of nitrogens with one attached hydrogen (secondary N) is 1. The van der Waals surface area contributed by atoms with Crippen LogP contribution in [0.1, 0.15) is 44.6 Å². The Labute approximate surface area is 247 Å². The van der Waals surface area contributed by atoms with E-state index in [1.807, 2.05) is 37.3 Å². The Kier molecular flexibility index (Phi) is 10.3. The summed E-state index contributed by atoms with van der Waals surface area (Å²) in [6, 6.07) is 20.9. The molecule has 3 aromatic carbocycles. The van der Waals surface area contributed by atoms with E-state index in [2.05, 4.69) is 5.32 Å². The molecule has 0 bridgehead atoms. The van der Waals surface area contributed by atoms with Gasteiger partial charge in [-0.2, -0.15) is 0 Å². The first-order chi connectivity index (χ1) is 19.7. The molecule has 8 nitrogen and oxygen atoms in total. The van der Waals surface area contributed by atoms with E-state index >= 15 is 0 Å². The van der Waals surface area contributed by atoms with Crippen molar-refractivity contribution in [1.29, 1.82) is 0 Å². The van der Waals surface area contributed by atoms with Crippen molar-refractivity contribution < 1.29 is 22.7 Å². The summed E-state index contributed by atoms with van der Waals surface area (Å²) >= 11 is 6.09. The highest BCUT2D eigenvalue weighted by Gasteiger charge is 2.34. The smallest absolute Gasteiger partial charge is 0.264 e. The van der Waals surface area contributed by atoms with Crippen LogP contribution in [-0.2, 0) is 26.2 Å². The number of amides is 2. The van der Waals surface area contributed by atoms with Crippen molar-refractivity contribution in [3.05, 3.63) is 89.4 Å². The van der Waals surface area contributed by atoms with Gasteiger partial charge in [-0.15, -0.1) is 0 Å². The van der Waals surface area contributed by atoms with Gasteiger partial charge in [-0.25, -0.2) is 8.42 Å². The van der Waals surface area contributed by atoms with Gasteiger partial charge in [0.2, 0.25) is 11.8 Å². The van der Waals surface area contributed by atoms with Crippen LogP contribution < -0.4 is 14.4 Å². The molecule has 1 N–H and O–H groups in total. The first-order valence-electron chi connectivity index (χ1n) is 13.8. The zero-order chi connectivity index (χ0) is 29.4. The molecule has 0 spiro atoms. The second kappa shape index (κ2) is 13.9. The maximum atomic E-state index is 14.1. The van der Waals surface area contributed by atoms with Crippen LogP contribution in [0.5, 0.6) is 5.75 Å². The van der Waals surface area contributed by atoms with Crippen molar-refractivity contribution in [3.8, 4) is 5.75 Å². The van der Waals surface area contributed by atoms with E-state index in [-0.39, 0.29) is 29.1 Å². The van der Waals surface area contributed by atoms with Crippen LogP contribution >= 0.6 is 11.6 Å². The molecule has 0 aliphatic heterocycles. The number of methoxy groups -OCH3 is 1. The first kappa shape index (κ1) is 30.4. The van der Waals surface area contributed by atoms with Crippen molar-refractivity contribution in [2.75, 3.05) is 18.0 Å². The molecule has 0 heterocycles. The number of sulfonamides is 1. The summed E-state index contributed by atoms with van der Waals surface area (Å²) < 4.78 is 34.1. The molecule has 1 aliphatic carbocycles. The third kappa shape index (κ3) is 7.59. The van der Waals surface area contributed by atoms with E-state index in [1.54, 1.807) is 36.4 Å². The normalized spacial score (nSPS) is 14.3. The Balaban J connectivity index is 1.69. The molecule has 0 saturated heterocycles. The number of hydrogen-bond acceptors (Lipinski definition) is 5. The van der Waals surface area contributed by atoms with Gasteiger partial charge in [-0.3, -0.25) is 13.9 Å². The number of halogens is 1. The third-order valence-electron chi connectivity index (χ3n) is 7.32. The van der Waals surface area contributed by atoms with Crippen LogP contribution in [0.25, 0.3) is 0 Å². The summed E-state index contributed by atoms with van der Waals surface area (Å²) in [6.07, 6.45) is 4.34. The van der Waals surface area contributed by atoms with Crippen molar-refractivity contribution in [2.45, 2.75) is 62.6 Å². The molecule has 3 aromatic rings. The monoisotopic (exact) mass is 597 g/mol. The summed E-state index contributed by atoms with van der Waals surface area (Å²) in [7, 11) is -2.68. The fourth-order valence-corrected chi connectivity index (χ4v) is 6.62. The summed E-state index contributed by atoms with van der Waals surface area (Å²) in [5, 5.41) is 3.55. The zero-order valence-corrected chi connectivity index (χ0v) is 24.9. The Bertz CT molecular complexity index is 1410. The lowest BCUT2D eigenvalue weighted by Crippen LogP contribution is -2.53. The number of anilines is 1. The fourth-order valence-electron chi connectivity index (χ4n) is 5.08. The van der Waals surface area contributed by atoms with Crippen LogP contribution in [0.15, 0.2) is 83.8 Å². The lowest BCUT2D eigenvalue weighted by molar-refractivity contribution is -0.140. The van der Waals surface area contributed by atoms with E-state index in [0.29, 0.717) is 17.2 Å². The minimum absolute atomic E-state index is 0.00155. The van der Waals surface area contributed by atoms with E-state index in [4.69, 9.17) is 16.3 Å². The van der Waals surface area contributed by atoms with Crippen LogP contribution in [0.3, 0.4) is 0 Å².